The summed E-state index contributed by atoms with van der Waals surface area (Å²) < 4.78 is 5.09. The van der Waals surface area contributed by atoms with E-state index in [2.05, 4.69) is 48.5 Å². The van der Waals surface area contributed by atoms with Crippen LogP contribution in [0.2, 0.25) is 0 Å². The topological polar surface area (TPSA) is 24.5 Å². The highest BCUT2D eigenvalue weighted by Crippen LogP contribution is 2.14. The van der Waals surface area contributed by atoms with Crippen LogP contribution in [0.5, 0.6) is 0 Å². The van der Waals surface area contributed by atoms with Crippen molar-refractivity contribution in [2.24, 2.45) is 0 Å². The molecule has 0 aliphatic carbocycles. The first-order valence-electron chi connectivity index (χ1n) is 6.08. The van der Waals surface area contributed by atoms with E-state index in [1.807, 2.05) is 7.05 Å². The van der Waals surface area contributed by atoms with Gasteiger partial charge in [-0.05, 0) is 26.6 Å². The van der Waals surface area contributed by atoms with Crippen molar-refractivity contribution in [3.63, 3.8) is 0 Å². The van der Waals surface area contributed by atoms with Crippen LogP contribution in [0, 0.1) is 6.92 Å². The minimum atomic E-state index is 0.372. The van der Waals surface area contributed by atoms with Gasteiger partial charge >= 0.3 is 0 Å². The normalized spacial score (nSPS) is 13.0. The van der Waals surface area contributed by atoms with E-state index >= 15 is 0 Å². The Morgan fingerprint density at radius 1 is 1.41 bits per heavy atom. The highest BCUT2D eigenvalue weighted by molar-refractivity contribution is 5.25. The van der Waals surface area contributed by atoms with E-state index in [9.17, 15) is 0 Å². The second-order valence-electron chi connectivity index (χ2n) is 4.51. The summed E-state index contributed by atoms with van der Waals surface area (Å²) in [5, 5.41) is 3.37. The van der Waals surface area contributed by atoms with Gasteiger partial charge in [0.15, 0.2) is 0 Å². The van der Waals surface area contributed by atoms with E-state index in [1.165, 1.54) is 11.1 Å². The molecule has 0 aromatic heterocycles. The Morgan fingerprint density at radius 2 is 2.18 bits per heavy atom. The maximum absolute atomic E-state index is 5.09. The van der Waals surface area contributed by atoms with Gasteiger partial charge in [0, 0.05) is 26.2 Å². The number of rotatable bonds is 7. The summed E-state index contributed by atoms with van der Waals surface area (Å²) in [7, 11) is 5.88. The van der Waals surface area contributed by atoms with E-state index in [4.69, 9.17) is 4.74 Å². The zero-order valence-corrected chi connectivity index (χ0v) is 11.4. The van der Waals surface area contributed by atoms with Crippen molar-refractivity contribution in [2.45, 2.75) is 13.0 Å². The van der Waals surface area contributed by atoms with Gasteiger partial charge in [0.25, 0.3) is 0 Å². The van der Waals surface area contributed by atoms with Gasteiger partial charge in [0.1, 0.15) is 0 Å². The molecule has 1 atom stereocenters. The molecule has 3 nitrogen and oxygen atoms in total. The molecule has 1 unspecified atom stereocenters. The summed E-state index contributed by atoms with van der Waals surface area (Å²) in [5.41, 5.74) is 2.65. The van der Waals surface area contributed by atoms with E-state index in [0.29, 0.717) is 6.04 Å². The molecule has 0 heterocycles. The number of benzene rings is 1. The monoisotopic (exact) mass is 236 g/mol. The summed E-state index contributed by atoms with van der Waals surface area (Å²) in [5.74, 6) is 0. The first kappa shape index (κ1) is 14.2. The third-order valence-electron chi connectivity index (χ3n) is 2.96. The number of methoxy groups -OCH3 is 1. The third-order valence-corrected chi connectivity index (χ3v) is 2.96. The molecular weight excluding hydrogens is 212 g/mol. The standard InChI is InChI=1S/C14H24N2O/c1-12-6-5-7-13(10-12)14(15-2)11-16(3)8-9-17-4/h5-7,10,14-15H,8-9,11H2,1-4H3. The average Bonchev–Trinajstić information content (AvgIpc) is 2.33. The van der Waals surface area contributed by atoms with Crippen molar-refractivity contribution < 1.29 is 4.74 Å². The summed E-state index contributed by atoms with van der Waals surface area (Å²) >= 11 is 0. The van der Waals surface area contributed by atoms with Crippen LogP contribution < -0.4 is 5.32 Å². The molecule has 1 aromatic carbocycles. The quantitative estimate of drug-likeness (QED) is 0.782. The first-order valence-corrected chi connectivity index (χ1v) is 6.08. The van der Waals surface area contributed by atoms with Crippen LogP contribution in [0.3, 0.4) is 0 Å². The fourth-order valence-corrected chi connectivity index (χ4v) is 1.90. The number of ether oxygens (including phenoxy) is 1. The number of hydrogen-bond acceptors (Lipinski definition) is 3. The minimum Gasteiger partial charge on any atom is -0.383 e. The van der Waals surface area contributed by atoms with Crippen LogP contribution >= 0.6 is 0 Å². The first-order chi connectivity index (χ1) is 8.17. The van der Waals surface area contributed by atoms with E-state index in [0.717, 1.165) is 19.7 Å². The van der Waals surface area contributed by atoms with Gasteiger partial charge in [-0.3, -0.25) is 0 Å². The van der Waals surface area contributed by atoms with Crippen molar-refractivity contribution in [1.82, 2.24) is 10.2 Å². The minimum absolute atomic E-state index is 0.372. The van der Waals surface area contributed by atoms with Crippen molar-refractivity contribution in [3.05, 3.63) is 35.4 Å². The molecule has 0 saturated carbocycles. The molecule has 0 radical (unpaired) electrons. The predicted octanol–water partition coefficient (Wildman–Crippen LogP) is 1.83. The number of nitrogens with zero attached hydrogens (tertiary/aromatic N) is 1. The third kappa shape index (κ3) is 4.86. The highest BCUT2D eigenvalue weighted by atomic mass is 16.5. The van der Waals surface area contributed by atoms with Crippen LogP contribution in [0.15, 0.2) is 24.3 Å². The van der Waals surface area contributed by atoms with Crippen LogP contribution in [0.25, 0.3) is 0 Å². The lowest BCUT2D eigenvalue weighted by Gasteiger charge is -2.24. The summed E-state index contributed by atoms with van der Waals surface area (Å²) in [4.78, 5) is 2.28. The second kappa shape index (κ2) is 7.43. The Labute approximate surface area is 105 Å². The Hall–Kier alpha value is -0.900. The van der Waals surface area contributed by atoms with Gasteiger partial charge < -0.3 is 15.0 Å². The van der Waals surface area contributed by atoms with E-state index < -0.39 is 0 Å². The van der Waals surface area contributed by atoms with E-state index in [1.54, 1.807) is 7.11 Å². The largest absolute Gasteiger partial charge is 0.383 e. The molecule has 0 aliphatic rings. The number of aryl methyl sites for hydroxylation is 1. The van der Waals surface area contributed by atoms with Gasteiger partial charge in [0.2, 0.25) is 0 Å². The molecule has 0 fully saturated rings. The van der Waals surface area contributed by atoms with Crippen molar-refractivity contribution in [3.8, 4) is 0 Å². The van der Waals surface area contributed by atoms with Crippen LogP contribution in [-0.4, -0.2) is 45.8 Å². The number of likely N-dealkylation sites (N-methyl/N-ethyl adjacent to an activating group) is 2. The zero-order chi connectivity index (χ0) is 12.7. The molecule has 0 amide bonds. The molecule has 17 heavy (non-hydrogen) atoms. The molecule has 0 saturated heterocycles. The lowest BCUT2D eigenvalue weighted by Crippen LogP contribution is -2.33. The Morgan fingerprint density at radius 3 is 2.76 bits per heavy atom. The Bertz CT molecular complexity index is 328. The molecule has 1 N–H and O–H groups in total. The Kier molecular flexibility index (Phi) is 6.19. The fourth-order valence-electron chi connectivity index (χ4n) is 1.90. The van der Waals surface area contributed by atoms with Crippen LogP contribution in [0.1, 0.15) is 17.2 Å². The van der Waals surface area contributed by atoms with Gasteiger partial charge in [0.05, 0.1) is 6.61 Å². The second-order valence-corrected chi connectivity index (χ2v) is 4.51. The molecule has 0 bridgehead atoms. The number of nitrogens with one attached hydrogen (secondary N) is 1. The molecule has 96 valence electrons. The molecular formula is C14H24N2O. The van der Waals surface area contributed by atoms with Crippen molar-refractivity contribution in [1.29, 1.82) is 0 Å². The van der Waals surface area contributed by atoms with Gasteiger partial charge in [-0.15, -0.1) is 0 Å². The van der Waals surface area contributed by atoms with Gasteiger partial charge in [-0.25, -0.2) is 0 Å². The highest BCUT2D eigenvalue weighted by Gasteiger charge is 2.11. The Balaban J connectivity index is 2.59. The van der Waals surface area contributed by atoms with Crippen molar-refractivity contribution in [2.75, 3.05) is 40.9 Å². The summed E-state index contributed by atoms with van der Waals surface area (Å²) in [6, 6.07) is 9.04. The summed E-state index contributed by atoms with van der Waals surface area (Å²) in [6.07, 6.45) is 0. The predicted molar refractivity (Wildman–Crippen MR) is 72.4 cm³/mol. The summed E-state index contributed by atoms with van der Waals surface area (Å²) in [6.45, 7) is 4.86. The van der Waals surface area contributed by atoms with E-state index in [-0.39, 0.29) is 0 Å². The van der Waals surface area contributed by atoms with Crippen LogP contribution in [0.4, 0.5) is 0 Å². The van der Waals surface area contributed by atoms with Gasteiger partial charge in [-0.1, -0.05) is 29.8 Å². The smallest absolute Gasteiger partial charge is 0.0589 e. The molecule has 0 aliphatic heterocycles. The fraction of sp³-hybridized carbons (Fsp3) is 0.571. The SMILES string of the molecule is CNC(CN(C)CCOC)c1cccc(C)c1. The average molecular weight is 236 g/mol. The van der Waals surface area contributed by atoms with Gasteiger partial charge in [-0.2, -0.15) is 0 Å². The maximum atomic E-state index is 5.09. The van der Waals surface area contributed by atoms with Crippen molar-refractivity contribution >= 4 is 0 Å². The lowest BCUT2D eigenvalue weighted by atomic mass is 10.0. The lowest BCUT2D eigenvalue weighted by molar-refractivity contribution is 0.156. The zero-order valence-electron chi connectivity index (χ0n) is 11.4. The maximum Gasteiger partial charge on any atom is 0.0589 e. The van der Waals surface area contributed by atoms with Crippen LogP contribution in [-0.2, 0) is 4.74 Å². The molecule has 1 rings (SSSR count). The molecule has 0 spiro atoms. The number of hydrogen-bond donors (Lipinski definition) is 1. The molecule has 3 heteroatoms. The molecule has 1 aromatic rings.